The normalized spacial score (nSPS) is 21.0. The minimum Gasteiger partial charge on any atom is -0.353 e. The second-order valence-corrected chi connectivity index (χ2v) is 10.3. The van der Waals surface area contributed by atoms with Gasteiger partial charge >= 0.3 is 0 Å². The number of aryl methyl sites for hydroxylation is 1. The summed E-state index contributed by atoms with van der Waals surface area (Å²) >= 11 is 1.29. The van der Waals surface area contributed by atoms with Crippen LogP contribution in [0.15, 0.2) is 16.3 Å². The van der Waals surface area contributed by atoms with Gasteiger partial charge in [0.25, 0.3) is 10.0 Å². The first-order valence-electron chi connectivity index (χ1n) is 8.62. The number of hydrogen-bond acceptors (Lipinski definition) is 4. The Morgan fingerprint density at radius 2 is 2.12 bits per heavy atom. The molecule has 1 aromatic rings. The van der Waals surface area contributed by atoms with Gasteiger partial charge in [-0.2, -0.15) is 4.31 Å². The molecule has 0 radical (unpaired) electrons. The maximum atomic E-state index is 12.8. The van der Waals surface area contributed by atoms with Gasteiger partial charge in [0.15, 0.2) is 0 Å². The highest BCUT2D eigenvalue weighted by Gasteiger charge is 2.34. The van der Waals surface area contributed by atoms with E-state index in [1.54, 1.807) is 6.07 Å². The van der Waals surface area contributed by atoms with Crippen molar-refractivity contribution in [1.29, 1.82) is 0 Å². The van der Waals surface area contributed by atoms with Crippen molar-refractivity contribution >= 4 is 27.3 Å². The second kappa shape index (κ2) is 7.97. The van der Waals surface area contributed by atoms with Crippen LogP contribution in [0.2, 0.25) is 0 Å². The van der Waals surface area contributed by atoms with Crippen LogP contribution in [0.3, 0.4) is 0 Å². The molecule has 0 aromatic carbocycles. The topological polar surface area (TPSA) is 66.5 Å². The molecule has 0 aliphatic carbocycles. The molecule has 1 aliphatic heterocycles. The molecular formula is C17H28N2O3S2. The fourth-order valence-corrected chi connectivity index (χ4v) is 6.05. The standard InChI is InChI=1S/C17H28N2O3S2/c1-5-15(12(2)3)18-17(20)14-7-6-10-19(11-14)24(21,22)16-9-8-13(4)23-16/h8-9,12,14-15H,5-7,10-11H2,1-4H3,(H,18,20). The van der Waals surface area contributed by atoms with Crippen LogP contribution in [0.25, 0.3) is 0 Å². The molecule has 2 rings (SSSR count). The van der Waals surface area contributed by atoms with E-state index in [9.17, 15) is 13.2 Å². The molecule has 7 heteroatoms. The van der Waals surface area contributed by atoms with Gasteiger partial charge in [-0.15, -0.1) is 11.3 Å². The Labute approximate surface area is 149 Å². The first-order valence-corrected chi connectivity index (χ1v) is 10.9. The lowest BCUT2D eigenvalue weighted by Gasteiger charge is -2.32. The van der Waals surface area contributed by atoms with E-state index in [1.165, 1.54) is 15.6 Å². The molecule has 1 N–H and O–H groups in total. The molecule has 2 atom stereocenters. The molecule has 2 heterocycles. The molecule has 2 unspecified atom stereocenters. The number of carbonyl (C=O) groups is 1. The Balaban J connectivity index is 2.07. The highest BCUT2D eigenvalue weighted by Crippen LogP contribution is 2.28. The van der Waals surface area contributed by atoms with Crippen LogP contribution in [-0.2, 0) is 14.8 Å². The average molecular weight is 373 g/mol. The monoisotopic (exact) mass is 372 g/mol. The van der Waals surface area contributed by atoms with Crippen LogP contribution >= 0.6 is 11.3 Å². The molecule has 1 saturated heterocycles. The number of sulfonamides is 1. The van der Waals surface area contributed by atoms with Crippen molar-refractivity contribution in [3.63, 3.8) is 0 Å². The molecule has 0 bridgehead atoms. The summed E-state index contributed by atoms with van der Waals surface area (Å²) in [6, 6.07) is 3.62. The summed E-state index contributed by atoms with van der Waals surface area (Å²) in [7, 11) is -3.49. The molecule has 24 heavy (non-hydrogen) atoms. The Hall–Kier alpha value is -0.920. The lowest BCUT2D eigenvalue weighted by Crippen LogP contribution is -2.48. The minimum absolute atomic E-state index is 0.0159. The molecule has 5 nitrogen and oxygen atoms in total. The fraction of sp³-hybridized carbons (Fsp3) is 0.706. The zero-order valence-corrected chi connectivity index (χ0v) is 16.5. The first kappa shape index (κ1) is 19.4. The third-order valence-corrected chi connectivity index (χ3v) is 7.97. The van der Waals surface area contributed by atoms with Gasteiger partial charge in [-0.05, 0) is 44.2 Å². The minimum atomic E-state index is -3.49. The Kier molecular flexibility index (Phi) is 6.45. The third-order valence-electron chi connectivity index (χ3n) is 4.64. The van der Waals surface area contributed by atoms with E-state index >= 15 is 0 Å². The van der Waals surface area contributed by atoms with Gasteiger partial charge < -0.3 is 5.32 Å². The number of nitrogens with one attached hydrogen (secondary N) is 1. The number of carbonyl (C=O) groups excluding carboxylic acids is 1. The summed E-state index contributed by atoms with van der Waals surface area (Å²) in [5.74, 6) is 0.0941. The summed E-state index contributed by atoms with van der Waals surface area (Å²) < 4.78 is 27.4. The summed E-state index contributed by atoms with van der Waals surface area (Å²) in [6.07, 6.45) is 2.35. The molecular weight excluding hydrogens is 344 g/mol. The maximum absolute atomic E-state index is 12.8. The zero-order chi connectivity index (χ0) is 17.9. The van der Waals surface area contributed by atoms with E-state index in [2.05, 4.69) is 26.1 Å². The van der Waals surface area contributed by atoms with Crippen LogP contribution in [0.1, 0.15) is 44.9 Å². The number of thiophene rings is 1. The molecule has 1 aromatic heterocycles. The number of hydrogen-bond donors (Lipinski definition) is 1. The lowest BCUT2D eigenvalue weighted by atomic mass is 9.96. The van der Waals surface area contributed by atoms with Gasteiger partial charge in [-0.3, -0.25) is 4.79 Å². The van der Waals surface area contributed by atoms with Gasteiger partial charge in [0.05, 0.1) is 5.92 Å². The van der Waals surface area contributed by atoms with Crippen LogP contribution in [0, 0.1) is 18.8 Å². The summed E-state index contributed by atoms with van der Waals surface area (Å²) in [6.45, 7) is 8.90. The van der Waals surface area contributed by atoms with Crippen LogP contribution in [0.5, 0.6) is 0 Å². The molecule has 0 spiro atoms. The van der Waals surface area contributed by atoms with E-state index in [1.807, 2.05) is 13.0 Å². The molecule has 1 amide bonds. The predicted molar refractivity (Wildman–Crippen MR) is 97.6 cm³/mol. The summed E-state index contributed by atoms with van der Waals surface area (Å²) in [4.78, 5) is 13.5. The SMILES string of the molecule is CCC(NC(=O)C1CCCN(S(=O)(=O)c2ccc(C)s2)C1)C(C)C. The van der Waals surface area contributed by atoms with Gasteiger partial charge in [-0.25, -0.2) is 8.42 Å². The number of amides is 1. The quantitative estimate of drug-likeness (QED) is 0.835. The fourth-order valence-electron chi connectivity index (χ4n) is 3.09. The maximum Gasteiger partial charge on any atom is 0.252 e. The molecule has 0 saturated carbocycles. The predicted octanol–water partition coefficient (Wildman–Crippen LogP) is 3.01. The van der Waals surface area contributed by atoms with E-state index in [0.717, 1.165) is 24.1 Å². The van der Waals surface area contributed by atoms with Gasteiger partial charge in [0.2, 0.25) is 5.91 Å². The van der Waals surface area contributed by atoms with Crippen molar-refractivity contribution in [2.45, 2.75) is 57.2 Å². The average Bonchev–Trinajstić information content (AvgIpc) is 2.99. The number of nitrogens with zero attached hydrogens (tertiary/aromatic N) is 1. The molecule has 1 aliphatic rings. The summed E-state index contributed by atoms with van der Waals surface area (Å²) in [5.41, 5.74) is 0. The third kappa shape index (κ3) is 4.37. The Morgan fingerprint density at radius 1 is 1.42 bits per heavy atom. The second-order valence-electron chi connectivity index (χ2n) is 6.83. The van der Waals surface area contributed by atoms with Gasteiger partial charge in [0, 0.05) is 24.0 Å². The van der Waals surface area contributed by atoms with Crippen molar-refractivity contribution in [3.05, 3.63) is 17.0 Å². The van der Waals surface area contributed by atoms with Crippen molar-refractivity contribution in [2.75, 3.05) is 13.1 Å². The highest BCUT2D eigenvalue weighted by molar-refractivity contribution is 7.91. The number of rotatable bonds is 6. The smallest absolute Gasteiger partial charge is 0.252 e. The first-order chi connectivity index (χ1) is 11.3. The molecule has 1 fully saturated rings. The number of piperidine rings is 1. The zero-order valence-electron chi connectivity index (χ0n) is 14.9. The van der Waals surface area contributed by atoms with Crippen LogP contribution in [-0.4, -0.2) is 37.8 Å². The van der Waals surface area contributed by atoms with E-state index < -0.39 is 10.0 Å². The largest absolute Gasteiger partial charge is 0.353 e. The van der Waals surface area contributed by atoms with Gasteiger partial charge in [0.1, 0.15) is 4.21 Å². The van der Waals surface area contributed by atoms with Crippen molar-refractivity contribution in [3.8, 4) is 0 Å². The van der Waals surface area contributed by atoms with Crippen molar-refractivity contribution in [1.82, 2.24) is 9.62 Å². The van der Waals surface area contributed by atoms with E-state index in [0.29, 0.717) is 16.7 Å². The lowest BCUT2D eigenvalue weighted by molar-refractivity contribution is -0.127. The van der Waals surface area contributed by atoms with Crippen molar-refractivity contribution < 1.29 is 13.2 Å². The molecule has 136 valence electrons. The van der Waals surface area contributed by atoms with E-state index in [-0.39, 0.29) is 24.4 Å². The Bertz CT molecular complexity index is 667. The highest BCUT2D eigenvalue weighted by atomic mass is 32.2. The van der Waals surface area contributed by atoms with E-state index in [4.69, 9.17) is 0 Å². The van der Waals surface area contributed by atoms with Crippen molar-refractivity contribution in [2.24, 2.45) is 11.8 Å². The van der Waals surface area contributed by atoms with Crippen LogP contribution in [0.4, 0.5) is 0 Å². The Morgan fingerprint density at radius 3 is 2.67 bits per heavy atom. The van der Waals surface area contributed by atoms with Crippen LogP contribution < -0.4 is 5.32 Å². The van der Waals surface area contributed by atoms with Gasteiger partial charge in [-0.1, -0.05) is 20.8 Å². The summed E-state index contributed by atoms with van der Waals surface area (Å²) in [5, 5.41) is 3.09.